The van der Waals surface area contributed by atoms with E-state index < -0.39 is 0 Å². The Kier molecular flexibility index (Phi) is 2.10. The van der Waals surface area contributed by atoms with E-state index in [2.05, 4.69) is 16.3 Å². The zero-order valence-corrected chi connectivity index (χ0v) is 8.73. The number of ether oxygens (including phenoxy) is 1. The third-order valence-corrected chi connectivity index (χ3v) is 2.51. The van der Waals surface area contributed by atoms with E-state index in [4.69, 9.17) is 4.74 Å². The Morgan fingerprint density at radius 2 is 2.21 bits per heavy atom. The molecule has 0 atom stereocenters. The number of hydrogen-bond donors (Lipinski definition) is 1. The number of ketones is 1. The van der Waals surface area contributed by atoms with Crippen molar-refractivity contribution >= 4 is 22.1 Å². The second-order valence-corrected chi connectivity index (χ2v) is 3.38. The fourth-order valence-corrected chi connectivity index (χ4v) is 1.61. The summed E-state index contributed by atoms with van der Waals surface area (Å²) in [7, 11) is 0. The molecule has 2 radical (unpaired) electrons. The van der Waals surface area contributed by atoms with Crippen molar-refractivity contribution in [1.29, 1.82) is 0 Å². The normalized spacial score (nSPS) is 16.9. The molecule has 0 aliphatic carbocycles. The predicted molar refractivity (Wildman–Crippen MR) is 51.6 cm³/mol. The maximum atomic E-state index is 11.6. The Labute approximate surface area is 89.4 Å². The van der Waals surface area contributed by atoms with Crippen molar-refractivity contribution < 1.29 is 14.6 Å². The Morgan fingerprint density at radius 1 is 1.50 bits per heavy atom. The van der Waals surface area contributed by atoms with Gasteiger partial charge in [0.15, 0.2) is 22.0 Å². The van der Waals surface area contributed by atoms with Gasteiger partial charge < -0.3 is 9.84 Å². The topological polar surface area (TPSA) is 46.5 Å². The molecular formula is C10H7AlO3. The van der Waals surface area contributed by atoms with Gasteiger partial charge in [0.05, 0.1) is 5.56 Å². The van der Waals surface area contributed by atoms with Crippen molar-refractivity contribution in [3.8, 4) is 11.5 Å². The maximum absolute atomic E-state index is 11.6. The van der Waals surface area contributed by atoms with Gasteiger partial charge in [-0.15, -0.1) is 4.94 Å². The molecular weight excluding hydrogens is 195 g/mol. The molecule has 68 valence electrons. The van der Waals surface area contributed by atoms with Crippen molar-refractivity contribution in [1.82, 2.24) is 0 Å². The molecule has 3 nitrogen and oxygen atoms in total. The smallest absolute Gasteiger partial charge is 0.230 e. The number of carbonyl (C=O) groups excluding carboxylic acids is 1. The van der Waals surface area contributed by atoms with Gasteiger partial charge in [-0.05, 0) is 19.1 Å². The molecule has 14 heavy (non-hydrogen) atoms. The van der Waals surface area contributed by atoms with Gasteiger partial charge in [-0.1, -0.05) is 0 Å². The SMILES string of the molecule is Cc1c(O)ccc2c1O/C(=[CH]\[Al])C2=O. The fourth-order valence-electron chi connectivity index (χ4n) is 1.39. The Hall–Kier alpha value is -1.24. The van der Waals surface area contributed by atoms with E-state index >= 15 is 0 Å². The van der Waals surface area contributed by atoms with Crippen LogP contribution in [0, 0.1) is 6.92 Å². The second-order valence-electron chi connectivity index (χ2n) is 3.05. The van der Waals surface area contributed by atoms with Crippen LogP contribution in [0.1, 0.15) is 15.9 Å². The number of phenols is 1. The molecule has 0 saturated carbocycles. The lowest BCUT2D eigenvalue weighted by Crippen LogP contribution is -1.97. The van der Waals surface area contributed by atoms with Gasteiger partial charge in [0.25, 0.3) is 0 Å². The molecule has 4 heteroatoms. The highest BCUT2D eigenvalue weighted by molar-refractivity contribution is 6.23. The minimum atomic E-state index is -0.141. The summed E-state index contributed by atoms with van der Waals surface area (Å²) >= 11 is 2.32. The van der Waals surface area contributed by atoms with Crippen LogP contribution in [-0.4, -0.2) is 27.2 Å². The van der Waals surface area contributed by atoms with Gasteiger partial charge in [0, 0.05) is 5.56 Å². The van der Waals surface area contributed by atoms with Gasteiger partial charge in [0.1, 0.15) is 11.5 Å². The second kappa shape index (κ2) is 3.16. The summed E-state index contributed by atoms with van der Waals surface area (Å²) in [5.74, 6) is 0.752. The number of rotatable bonds is 0. The molecule has 2 rings (SSSR count). The van der Waals surface area contributed by atoms with Crippen LogP contribution in [0.2, 0.25) is 0 Å². The van der Waals surface area contributed by atoms with E-state index in [-0.39, 0.29) is 11.5 Å². The third-order valence-electron chi connectivity index (χ3n) is 2.21. The Morgan fingerprint density at radius 3 is 2.86 bits per heavy atom. The summed E-state index contributed by atoms with van der Waals surface area (Å²) in [4.78, 5) is 13.1. The molecule has 1 aliphatic heterocycles. The highest BCUT2D eigenvalue weighted by Gasteiger charge is 2.28. The van der Waals surface area contributed by atoms with E-state index in [1.807, 2.05) is 0 Å². The summed E-state index contributed by atoms with van der Waals surface area (Å²) in [5.41, 5.74) is 1.10. The lowest BCUT2D eigenvalue weighted by Gasteiger charge is -2.03. The number of aromatic hydroxyl groups is 1. The average Bonchev–Trinajstić information content (AvgIpc) is 2.50. The number of fused-ring (bicyclic) bond motifs is 1. The van der Waals surface area contributed by atoms with Gasteiger partial charge in [0.2, 0.25) is 5.78 Å². The fraction of sp³-hybridized carbons (Fsp3) is 0.100. The van der Waals surface area contributed by atoms with Crippen LogP contribution in [0.15, 0.2) is 22.8 Å². The molecule has 1 N–H and O–H groups in total. The number of hydrogen-bond acceptors (Lipinski definition) is 3. The molecule has 0 bridgehead atoms. The van der Waals surface area contributed by atoms with Gasteiger partial charge in [-0.2, -0.15) is 0 Å². The minimum absolute atomic E-state index is 0.140. The molecule has 0 fully saturated rings. The lowest BCUT2D eigenvalue weighted by atomic mass is 10.1. The summed E-state index contributed by atoms with van der Waals surface area (Å²) in [5, 5.41) is 9.41. The molecule has 0 saturated heterocycles. The Balaban J connectivity index is 2.65. The maximum Gasteiger partial charge on any atom is 0.230 e. The van der Waals surface area contributed by atoms with Crippen molar-refractivity contribution in [2.24, 2.45) is 0 Å². The lowest BCUT2D eigenvalue weighted by molar-refractivity contribution is 0.101. The molecule has 1 aliphatic rings. The zero-order valence-electron chi connectivity index (χ0n) is 7.57. The first-order valence-electron chi connectivity index (χ1n) is 4.12. The first-order chi connectivity index (χ1) is 6.65. The minimum Gasteiger partial charge on any atom is -0.508 e. The zero-order chi connectivity index (χ0) is 10.3. The van der Waals surface area contributed by atoms with E-state index in [0.29, 0.717) is 22.6 Å². The summed E-state index contributed by atoms with van der Waals surface area (Å²) in [6, 6.07) is 3.07. The summed E-state index contributed by atoms with van der Waals surface area (Å²) in [6.45, 7) is 1.72. The number of benzene rings is 1. The number of Topliss-reactive ketones (excluding diaryl/α,β-unsaturated/α-hetero) is 1. The monoisotopic (exact) mass is 202 g/mol. The molecule has 0 unspecified atom stereocenters. The standard InChI is InChI=1S/C10H7O3.Al/c1-5-8(11)4-3-7-9(12)6(2)13-10(5)7;/h2-4,11H,1H3;. The van der Waals surface area contributed by atoms with Crippen LogP contribution in [-0.2, 0) is 0 Å². The number of carbonyl (C=O) groups is 1. The molecule has 0 amide bonds. The van der Waals surface area contributed by atoms with Crippen LogP contribution in [0.3, 0.4) is 0 Å². The van der Waals surface area contributed by atoms with Crippen LogP contribution in [0.5, 0.6) is 11.5 Å². The molecule has 1 heterocycles. The summed E-state index contributed by atoms with van der Waals surface area (Å²) in [6.07, 6.45) is 0. The van der Waals surface area contributed by atoms with E-state index in [9.17, 15) is 9.90 Å². The molecule has 1 aromatic carbocycles. The third kappa shape index (κ3) is 1.16. The highest BCUT2D eigenvalue weighted by Crippen LogP contribution is 2.37. The van der Waals surface area contributed by atoms with Crippen LogP contribution < -0.4 is 4.74 Å². The molecule has 0 spiro atoms. The van der Waals surface area contributed by atoms with Gasteiger partial charge in [-0.25, -0.2) is 0 Å². The largest absolute Gasteiger partial charge is 0.508 e. The van der Waals surface area contributed by atoms with Gasteiger partial charge >= 0.3 is 0 Å². The average molecular weight is 202 g/mol. The number of phenolic OH excluding ortho intramolecular Hbond substituents is 1. The predicted octanol–water partition coefficient (Wildman–Crippen LogP) is 1.29. The molecule has 0 aromatic heterocycles. The van der Waals surface area contributed by atoms with Gasteiger partial charge in [-0.3, -0.25) is 4.79 Å². The van der Waals surface area contributed by atoms with Crippen molar-refractivity contribution in [3.63, 3.8) is 0 Å². The van der Waals surface area contributed by atoms with Crippen molar-refractivity contribution in [2.75, 3.05) is 0 Å². The van der Waals surface area contributed by atoms with Crippen molar-refractivity contribution in [3.05, 3.63) is 34.0 Å². The van der Waals surface area contributed by atoms with Crippen LogP contribution >= 0.6 is 0 Å². The summed E-state index contributed by atoms with van der Waals surface area (Å²) < 4.78 is 5.31. The van der Waals surface area contributed by atoms with Crippen LogP contribution in [0.25, 0.3) is 0 Å². The van der Waals surface area contributed by atoms with E-state index in [1.165, 1.54) is 6.07 Å². The van der Waals surface area contributed by atoms with E-state index in [0.717, 1.165) is 0 Å². The first-order valence-corrected chi connectivity index (χ1v) is 4.79. The molecule has 1 aromatic rings. The quantitative estimate of drug-likeness (QED) is 0.509. The Bertz CT molecular complexity index is 449. The first kappa shape index (κ1) is 9.32. The van der Waals surface area contributed by atoms with Crippen molar-refractivity contribution in [2.45, 2.75) is 6.92 Å². The number of allylic oxidation sites excluding steroid dienone is 1. The van der Waals surface area contributed by atoms with Crippen LogP contribution in [0.4, 0.5) is 0 Å². The van der Waals surface area contributed by atoms with E-state index in [1.54, 1.807) is 17.9 Å². The highest BCUT2D eigenvalue weighted by atomic mass is 27.0.